The second-order valence-electron chi connectivity index (χ2n) is 15.2. The van der Waals surface area contributed by atoms with E-state index in [0.717, 1.165) is 87.1 Å². The van der Waals surface area contributed by atoms with E-state index in [1.807, 2.05) is 13.8 Å². The zero-order valence-corrected chi connectivity index (χ0v) is 35.9. The molecule has 4 aromatic rings. The molecular weight excluding hydrogens is 743 g/mol. The van der Waals surface area contributed by atoms with Crippen LogP contribution >= 0.6 is 0 Å². The Hall–Kier alpha value is -4.12. The van der Waals surface area contributed by atoms with Crippen molar-refractivity contribution in [1.29, 1.82) is 0 Å². The van der Waals surface area contributed by atoms with Crippen LogP contribution in [0, 0.1) is 0 Å². The molecule has 2 aliphatic heterocycles. The molecule has 2 heterocycles. The van der Waals surface area contributed by atoms with Crippen molar-refractivity contribution < 1.29 is 37.9 Å². The van der Waals surface area contributed by atoms with Gasteiger partial charge in [-0.25, -0.2) is 0 Å². The molecule has 0 aromatic heterocycles. The van der Waals surface area contributed by atoms with Crippen LogP contribution in [0.4, 0.5) is 0 Å². The van der Waals surface area contributed by atoms with Gasteiger partial charge in [-0.3, -0.25) is 4.90 Å². The summed E-state index contributed by atoms with van der Waals surface area (Å²) in [5, 5.41) is 0. The molecule has 0 amide bonds. The van der Waals surface area contributed by atoms with Gasteiger partial charge in [0.2, 0.25) is 0 Å². The molecule has 0 fully saturated rings. The quantitative estimate of drug-likeness (QED) is 0.0762. The van der Waals surface area contributed by atoms with Gasteiger partial charge in [0, 0.05) is 52.0 Å². The predicted octanol–water partition coefficient (Wildman–Crippen LogP) is 8.88. The topological polar surface area (TPSA) is 77.1 Å². The Morgan fingerprint density at radius 2 is 0.864 bits per heavy atom. The van der Waals surface area contributed by atoms with E-state index in [-0.39, 0.29) is 0 Å². The van der Waals surface area contributed by atoms with Crippen LogP contribution in [0.1, 0.15) is 91.0 Å². The molecule has 0 saturated heterocycles. The van der Waals surface area contributed by atoms with E-state index >= 15 is 0 Å². The van der Waals surface area contributed by atoms with Crippen molar-refractivity contribution in [2.75, 3.05) is 98.9 Å². The Labute approximate surface area is 353 Å². The molecule has 59 heavy (non-hydrogen) atoms. The van der Waals surface area contributed by atoms with Gasteiger partial charge in [0.15, 0.2) is 0 Å². The second-order valence-corrected chi connectivity index (χ2v) is 15.2. The van der Waals surface area contributed by atoms with Gasteiger partial charge in [-0.1, -0.05) is 99.0 Å². The molecule has 1 aliphatic carbocycles. The largest absolute Gasteiger partial charge is 0.491 e. The number of ether oxygens (including phenoxy) is 8. The van der Waals surface area contributed by atoms with Gasteiger partial charge >= 0.3 is 0 Å². The van der Waals surface area contributed by atoms with Crippen molar-refractivity contribution >= 4 is 0 Å². The molecule has 9 heteroatoms. The average molecular weight is 810 g/mol. The molecule has 0 radical (unpaired) electrons. The van der Waals surface area contributed by atoms with Gasteiger partial charge in [0.1, 0.15) is 49.4 Å². The van der Waals surface area contributed by atoms with Crippen LogP contribution < -0.4 is 18.9 Å². The van der Waals surface area contributed by atoms with E-state index in [1.54, 1.807) is 0 Å². The van der Waals surface area contributed by atoms with Crippen LogP contribution in [0.2, 0.25) is 0 Å². The van der Waals surface area contributed by atoms with E-state index < -0.39 is 0 Å². The lowest BCUT2D eigenvalue weighted by atomic mass is 9.91. The third-order valence-electron chi connectivity index (χ3n) is 11.0. The number of hydrogen-bond donors (Lipinski definition) is 0. The van der Waals surface area contributed by atoms with Crippen molar-refractivity contribution in [3.05, 3.63) is 117 Å². The maximum atomic E-state index is 6.80. The predicted molar refractivity (Wildman–Crippen MR) is 234 cm³/mol. The number of nitrogens with zero attached hydrogens (tertiary/aromatic N) is 1. The van der Waals surface area contributed by atoms with Crippen LogP contribution in [0.15, 0.2) is 72.8 Å². The lowest BCUT2D eigenvalue weighted by Gasteiger charge is -2.24. The summed E-state index contributed by atoms with van der Waals surface area (Å²) in [6.45, 7) is 15.4. The molecule has 0 N–H and O–H groups in total. The fourth-order valence-corrected chi connectivity index (χ4v) is 8.02. The molecule has 3 aliphatic rings. The normalized spacial score (nSPS) is 15.5. The van der Waals surface area contributed by atoms with Crippen molar-refractivity contribution in [2.45, 2.75) is 72.1 Å². The van der Waals surface area contributed by atoms with Crippen LogP contribution in [0.5, 0.6) is 23.0 Å². The highest BCUT2D eigenvalue weighted by Crippen LogP contribution is 2.39. The molecule has 0 saturated carbocycles. The van der Waals surface area contributed by atoms with E-state index in [1.165, 1.54) is 25.7 Å². The summed E-state index contributed by atoms with van der Waals surface area (Å²) in [5.74, 6) is 3.54. The third kappa shape index (κ3) is 13.4. The van der Waals surface area contributed by atoms with Gasteiger partial charge < -0.3 is 37.9 Å². The standard InChI is InChI=1S/C50H67NO8/c1-4-7-8-9-22-51-23-25-54-29-33-58-49-43-18-12-20-45(49)37-41-16-11-17-42(48(41)57-32-28-53-6-3)38-46-21-13-19-44(50(46)59-34-30-55-26-24-51)36-40-15-10-14-39(35-43)47(40)56-31-27-52-5-2/h10-21H,4-9,22-38H2,1-3H3. The number of hydrogen-bond acceptors (Lipinski definition) is 9. The minimum atomic E-state index is 0.441. The van der Waals surface area contributed by atoms with Crippen LogP contribution in [-0.4, -0.2) is 104 Å². The Kier molecular flexibility index (Phi) is 18.7. The summed E-state index contributed by atoms with van der Waals surface area (Å²) < 4.78 is 50.8. The SMILES string of the molecule is CCCCCCN1CCOCCOc2c3cccc2Cc2cccc(c2OCCOCC)Cc2cccc(c2OCCOCC1)Cc1cccc(c1OCCOCC)C3. The molecule has 320 valence electrons. The number of para-hydroxylation sites is 4. The second kappa shape index (κ2) is 24.8. The lowest BCUT2D eigenvalue weighted by molar-refractivity contribution is 0.0548. The van der Waals surface area contributed by atoms with Crippen LogP contribution in [-0.2, 0) is 44.6 Å². The summed E-state index contributed by atoms with van der Waals surface area (Å²) in [7, 11) is 0. The van der Waals surface area contributed by atoms with E-state index in [9.17, 15) is 0 Å². The molecule has 0 atom stereocenters. The molecule has 4 aromatic carbocycles. The average Bonchev–Trinajstić information content (AvgIpc) is 3.24. The zero-order valence-electron chi connectivity index (χ0n) is 35.9. The fraction of sp³-hybridized carbons (Fsp3) is 0.520. The summed E-state index contributed by atoms with van der Waals surface area (Å²) >= 11 is 0. The van der Waals surface area contributed by atoms with Gasteiger partial charge in [-0.15, -0.1) is 0 Å². The first-order chi connectivity index (χ1) is 29.2. The zero-order chi connectivity index (χ0) is 40.9. The number of unbranched alkanes of at least 4 members (excludes halogenated alkanes) is 3. The first-order valence-electron chi connectivity index (χ1n) is 22.2. The number of fused-ring (bicyclic) bond motifs is 12. The summed E-state index contributed by atoms with van der Waals surface area (Å²) in [6.07, 6.45) is 7.45. The van der Waals surface area contributed by atoms with Crippen molar-refractivity contribution in [1.82, 2.24) is 4.90 Å². The van der Waals surface area contributed by atoms with Crippen molar-refractivity contribution in [3.8, 4) is 23.0 Å². The Bertz CT molecular complexity index is 1630. The Morgan fingerprint density at radius 1 is 0.458 bits per heavy atom. The highest BCUT2D eigenvalue weighted by atomic mass is 16.5. The third-order valence-corrected chi connectivity index (χ3v) is 11.0. The maximum absolute atomic E-state index is 6.80. The smallest absolute Gasteiger partial charge is 0.126 e. The minimum absolute atomic E-state index is 0.441. The minimum Gasteiger partial charge on any atom is -0.491 e. The number of rotatable bonds is 15. The molecule has 10 bridgehead atoms. The lowest BCUT2D eigenvalue weighted by Crippen LogP contribution is -2.32. The number of benzene rings is 4. The summed E-state index contributed by atoms with van der Waals surface area (Å²) in [6, 6.07) is 26.0. The van der Waals surface area contributed by atoms with Gasteiger partial charge in [-0.2, -0.15) is 0 Å². The Balaban J connectivity index is 1.44. The van der Waals surface area contributed by atoms with E-state index in [4.69, 9.17) is 37.9 Å². The highest BCUT2D eigenvalue weighted by Gasteiger charge is 2.22. The van der Waals surface area contributed by atoms with Crippen LogP contribution in [0.3, 0.4) is 0 Å². The molecule has 0 unspecified atom stereocenters. The molecular formula is C50H67NO8. The highest BCUT2D eigenvalue weighted by molar-refractivity contribution is 5.56. The molecule has 9 nitrogen and oxygen atoms in total. The Morgan fingerprint density at radius 3 is 1.25 bits per heavy atom. The first-order valence-corrected chi connectivity index (χ1v) is 22.2. The van der Waals surface area contributed by atoms with Gasteiger partial charge in [0.25, 0.3) is 0 Å². The molecule has 0 spiro atoms. The molecule has 7 rings (SSSR count). The van der Waals surface area contributed by atoms with Crippen LogP contribution in [0.25, 0.3) is 0 Å². The van der Waals surface area contributed by atoms with E-state index in [0.29, 0.717) is 105 Å². The fourth-order valence-electron chi connectivity index (χ4n) is 8.02. The van der Waals surface area contributed by atoms with Crippen molar-refractivity contribution in [3.63, 3.8) is 0 Å². The van der Waals surface area contributed by atoms with Gasteiger partial charge in [0.05, 0.1) is 39.6 Å². The van der Waals surface area contributed by atoms with Gasteiger partial charge in [-0.05, 0) is 71.3 Å². The summed E-state index contributed by atoms with van der Waals surface area (Å²) in [4.78, 5) is 2.47. The maximum Gasteiger partial charge on any atom is 0.126 e. The first kappa shape index (κ1) is 44.4. The van der Waals surface area contributed by atoms with E-state index in [2.05, 4.69) is 84.6 Å². The summed E-state index contributed by atoms with van der Waals surface area (Å²) in [5.41, 5.74) is 8.79. The van der Waals surface area contributed by atoms with Crippen molar-refractivity contribution in [2.24, 2.45) is 0 Å². The monoisotopic (exact) mass is 809 g/mol.